The predicted molar refractivity (Wildman–Crippen MR) is 108 cm³/mol. The van der Waals surface area contributed by atoms with E-state index < -0.39 is 5.97 Å². The van der Waals surface area contributed by atoms with Crippen molar-refractivity contribution in [1.82, 2.24) is 14.4 Å². The molecule has 0 amide bonds. The molecule has 1 aliphatic heterocycles. The van der Waals surface area contributed by atoms with Gasteiger partial charge in [-0.15, -0.1) is 0 Å². The number of halogens is 1. The maximum absolute atomic E-state index is 12.4. The van der Waals surface area contributed by atoms with Crippen molar-refractivity contribution in [2.45, 2.75) is 6.92 Å². The summed E-state index contributed by atoms with van der Waals surface area (Å²) in [5, 5.41) is 3.90. The predicted octanol–water partition coefficient (Wildman–Crippen LogP) is 4.87. The molecule has 1 N–H and O–H groups in total. The van der Waals surface area contributed by atoms with Gasteiger partial charge in [0.15, 0.2) is 0 Å². The van der Waals surface area contributed by atoms with Gasteiger partial charge in [0, 0.05) is 17.3 Å². The largest absolute Gasteiger partial charge is 0.465 e. The van der Waals surface area contributed by atoms with Gasteiger partial charge in [-0.05, 0) is 30.7 Å². The lowest BCUT2D eigenvalue weighted by molar-refractivity contribution is 0.0601. The van der Waals surface area contributed by atoms with Gasteiger partial charge in [0.2, 0.25) is 5.78 Å². The molecular formula is C21H15ClN4O2. The van der Waals surface area contributed by atoms with E-state index in [2.05, 4.69) is 16.4 Å². The van der Waals surface area contributed by atoms with Crippen molar-refractivity contribution in [3.8, 4) is 22.5 Å². The number of esters is 1. The van der Waals surface area contributed by atoms with Gasteiger partial charge in [-0.25, -0.2) is 14.8 Å². The summed E-state index contributed by atoms with van der Waals surface area (Å²) in [4.78, 5) is 21.5. The van der Waals surface area contributed by atoms with Gasteiger partial charge in [0.05, 0.1) is 29.1 Å². The molecule has 138 valence electrons. The Morgan fingerprint density at radius 3 is 2.82 bits per heavy atom. The number of imidazole rings is 1. The maximum Gasteiger partial charge on any atom is 0.338 e. The lowest BCUT2D eigenvalue weighted by Crippen LogP contribution is -2.09. The highest BCUT2D eigenvalue weighted by atomic mass is 35.5. The van der Waals surface area contributed by atoms with E-state index in [1.54, 1.807) is 24.4 Å². The zero-order valence-corrected chi connectivity index (χ0v) is 15.9. The molecule has 0 spiro atoms. The fourth-order valence-corrected chi connectivity index (χ4v) is 3.95. The molecule has 1 aliphatic rings. The van der Waals surface area contributed by atoms with Crippen LogP contribution in [0.1, 0.15) is 15.9 Å². The van der Waals surface area contributed by atoms with Crippen LogP contribution in [0.3, 0.4) is 0 Å². The average Bonchev–Trinajstić information content (AvgIpc) is 3.07. The molecule has 2 aromatic heterocycles. The summed E-state index contributed by atoms with van der Waals surface area (Å²) in [6, 6.07) is 13.2. The molecule has 0 saturated heterocycles. The van der Waals surface area contributed by atoms with Crippen molar-refractivity contribution in [3.05, 3.63) is 64.8 Å². The van der Waals surface area contributed by atoms with E-state index in [4.69, 9.17) is 21.3 Å². The fraction of sp³-hybridized carbons (Fsp3) is 0.0952. The van der Waals surface area contributed by atoms with Crippen molar-refractivity contribution in [2.24, 2.45) is 0 Å². The molecule has 0 fully saturated rings. The monoisotopic (exact) mass is 390 g/mol. The third-order valence-electron chi connectivity index (χ3n) is 4.97. The summed E-state index contributed by atoms with van der Waals surface area (Å²) in [5.74, 6) is 0.776. The SMILES string of the molecule is COC(=O)c1cccc(Cl)c1-c1nc2nccc3n2c1Nc1c(C)cccc1-3. The Hall–Kier alpha value is -3.38. The lowest BCUT2D eigenvalue weighted by atomic mass is 10.0. The molecule has 0 aliphatic carbocycles. The minimum atomic E-state index is -0.470. The molecule has 3 heterocycles. The summed E-state index contributed by atoms with van der Waals surface area (Å²) in [5.41, 5.74) is 5.57. The number of benzene rings is 2. The van der Waals surface area contributed by atoms with E-state index in [-0.39, 0.29) is 0 Å². The highest BCUT2D eigenvalue weighted by Crippen LogP contribution is 2.44. The van der Waals surface area contributed by atoms with Crippen LogP contribution >= 0.6 is 11.6 Å². The minimum Gasteiger partial charge on any atom is -0.465 e. The number of rotatable bonds is 2. The highest BCUT2D eigenvalue weighted by molar-refractivity contribution is 6.34. The molecule has 0 unspecified atom stereocenters. The topological polar surface area (TPSA) is 68.5 Å². The Balaban J connectivity index is 1.87. The summed E-state index contributed by atoms with van der Waals surface area (Å²) in [7, 11) is 1.35. The van der Waals surface area contributed by atoms with Crippen molar-refractivity contribution in [2.75, 3.05) is 12.4 Å². The maximum atomic E-state index is 12.4. The fourth-order valence-electron chi connectivity index (χ4n) is 3.68. The molecule has 0 atom stereocenters. The molecule has 0 bridgehead atoms. The quantitative estimate of drug-likeness (QED) is 0.435. The smallest absolute Gasteiger partial charge is 0.338 e. The normalized spacial score (nSPS) is 11.8. The highest BCUT2D eigenvalue weighted by Gasteiger charge is 2.28. The first-order chi connectivity index (χ1) is 13.6. The number of hydrogen-bond donors (Lipinski definition) is 1. The van der Waals surface area contributed by atoms with Crippen LogP contribution in [0.5, 0.6) is 0 Å². The van der Waals surface area contributed by atoms with E-state index in [9.17, 15) is 4.79 Å². The number of methoxy groups -OCH3 is 1. The van der Waals surface area contributed by atoms with Gasteiger partial charge < -0.3 is 10.1 Å². The van der Waals surface area contributed by atoms with Crippen LogP contribution in [0, 0.1) is 6.92 Å². The number of nitrogens with one attached hydrogen (secondary N) is 1. The molecule has 5 rings (SSSR count). The molecule has 2 aromatic carbocycles. The average molecular weight is 391 g/mol. The number of anilines is 2. The molecule has 4 aromatic rings. The number of carbonyl (C=O) groups is 1. The number of carbonyl (C=O) groups excluding carboxylic acids is 1. The third-order valence-corrected chi connectivity index (χ3v) is 5.29. The molecule has 7 heteroatoms. The molecule has 28 heavy (non-hydrogen) atoms. The van der Waals surface area contributed by atoms with E-state index in [0.717, 1.165) is 28.3 Å². The van der Waals surface area contributed by atoms with E-state index in [1.165, 1.54) is 7.11 Å². The Kier molecular flexibility index (Phi) is 3.64. The summed E-state index contributed by atoms with van der Waals surface area (Å²) in [6.07, 6.45) is 1.73. The second-order valence-corrected chi connectivity index (χ2v) is 6.96. The van der Waals surface area contributed by atoms with Crippen LogP contribution in [-0.4, -0.2) is 27.4 Å². The Labute approximate surface area is 165 Å². The van der Waals surface area contributed by atoms with Gasteiger partial charge in [-0.3, -0.25) is 4.40 Å². The molecular weight excluding hydrogens is 376 g/mol. The van der Waals surface area contributed by atoms with Crippen molar-refractivity contribution in [3.63, 3.8) is 0 Å². The van der Waals surface area contributed by atoms with Crippen LogP contribution in [-0.2, 0) is 4.74 Å². The molecule has 0 radical (unpaired) electrons. The van der Waals surface area contributed by atoms with Gasteiger partial charge in [0.25, 0.3) is 0 Å². The van der Waals surface area contributed by atoms with Crippen LogP contribution < -0.4 is 5.32 Å². The number of aryl methyl sites for hydroxylation is 1. The number of hydrogen-bond acceptors (Lipinski definition) is 5. The first-order valence-electron chi connectivity index (χ1n) is 8.72. The number of para-hydroxylation sites is 1. The van der Waals surface area contributed by atoms with Crippen molar-refractivity contribution < 1.29 is 9.53 Å². The van der Waals surface area contributed by atoms with Gasteiger partial charge in [0.1, 0.15) is 11.5 Å². The third kappa shape index (κ3) is 2.25. The van der Waals surface area contributed by atoms with Gasteiger partial charge >= 0.3 is 5.97 Å². The Morgan fingerprint density at radius 1 is 1.18 bits per heavy atom. The van der Waals surface area contributed by atoms with Gasteiger partial charge in [-0.2, -0.15) is 0 Å². The van der Waals surface area contributed by atoms with Crippen LogP contribution in [0.25, 0.3) is 28.3 Å². The summed E-state index contributed by atoms with van der Waals surface area (Å²) in [6.45, 7) is 2.05. The van der Waals surface area contributed by atoms with Crippen LogP contribution in [0.15, 0.2) is 48.7 Å². The minimum absolute atomic E-state index is 0.355. The zero-order valence-electron chi connectivity index (χ0n) is 15.2. The summed E-state index contributed by atoms with van der Waals surface area (Å²) >= 11 is 6.51. The number of ether oxygens (including phenoxy) is 1. The van der Waals surface area contributed by atoms with Crippen LogP contribution in [0.4, 0.5) is 11.5 Å². The second-order valence-electron chi connectivity index (χ2n) is 6.55. The van der Waals surface area contributed by atoms with Crippen molar-refractivity contribution >= 4 is 34.9 Å². The van der Waals surface area contributed by atoms with Crippen LogP contribution in [0.2, 0.25) is 5.02 Å². The van der Waals surface area contributed by atoms with E-state index in [0.29, 0.717) is 27.6 Å². The first-order valence-corrected chi connectivity index (χ1v) is 9.09. The Morgan fingerprint density at radius 2 is 2.00 bits per heavy atom. The molecule has 6 nitrogen and oxygen atoms in total. The lowest BCUT2D eigenvalue weighted by Gasteiger charge is -2.22. The van der Waals surface area contributed by atoms with Gasteiger partial charge in [-0.1, -0.05) is 35.9 Å². The van der Waals surface area contributed by atoms with E-state index in [1.807, 2.05) is 29.5 Å². The van der Waals surface area contributed by atoms with E-state index >= 15 is 0 Å². The zero-order chi connectivity index (χ0) is 19.4. The second kappa shape index (κ2) is 6.07. The first kappa shape index (κ1) is 16.8. The Bertz CT molecular complexity index is 1280. The number of fused-ring (bicyclic) bond motifs is 2. The number of nitrogens with zero attached hydrogens (tertiary/aromatic N) is 3. The number of aromatic nitrogens is 3. The summed E-state index contributed by atoms with van der Waals surface area (Å²) < 4.78 is 6.89. The standard InChI is InChI=1S/C21H15ClN4O2/c1-11-5-3-6-12-15-9-10-23-21-25-18(19(26(15)21)24-17(11)12)16-13(20(27)28-2)7-4-8-14(16)22/h3-10,24H,1-2H3. The van der Waals surface area contributed by atoms with Crippen molar-refractivity contribution in [1.29, 1.82) is 0 Å². The molecule has 0 saturated carbocycles.